The maximum absolute atomic E-state index is 12.4. The molecule has 0 aromatic heterocycles. The second-order valence-corrected chi connectivity index (χ2v) is 22.4. The summed E-state index contributed by atoms with van der Waals surface area (Å²) in [7, 11) is 0. The molecule has 0 radical (unpaired) electrons. The molecule has 0 spiro atoms. The molecule has 0 aliphatic heterocycles. The Labute approximate surface area is 450 Å². The third-order valence-corrected chi connectivity index (χ3v) is 15.2. The number of rotatable bonds is 61. The van der Waals surface area contributed by atoms with Crippen molar-refractivity contribution in [2.75, 3.05) is 13.2 Å². The quantitative estimate of drug-likeness (QED) is 0.0320. The van der Waals surface area contributed by atoms with Gasteiger partial charge in [0.2, 0.25) is 5.91 Å². The van der Waals surface area contributed by atoms with E-state index in [0.29, 0.717) is 25.9 Å². The maximum Gasteiger partial charge on any atom is 0.305 e. The SMILES string of the molecule is CCCCCCC/C=C\CCCCCCCC(=O)OCCCCCCCCCCCCCC/C=C\CCCCCCCCCCCCCCCCCCC(=O)NC(CO)C(O)CCCCCCCCCCC. The van der Waals surface area contributed by atoms with Crippen LogP contribution in [-0.4, -0.2) is 47.4 Å². The van der Waals surface area contributed by atoms with E-state index in [1.165, 1.54) is 283 Å². The van der Waals surface area contributed by atoms with Gasteiger partial charge in [0.05, 0.1) is 25.4 Å². The van der Waals surface area contributed by atoms with Crippen LogP contribution in [0.15, 0.2) is 24.3 Å². The Kier molecular flexibility index (Phi) is 60.5. The highest BCUT2D eigenvalue weighted by molar-refractivity contribution is 5.76. The van der Waals surface area contributed by atoms with E-state index >= 15 is 0 Å². The molecule has 0 aliphatic carbocycles. The zero-order chi connectivity index (χ0) is 52.2. The van der Waals surface area contributed by atoms with Crippen molar-refractivity contribution < 1.29 is 24.5 Å². The first kappa shape index (κ1) is 70.3. The average Bonchev–Trinajstić information content (AvgIpc) is 3.38. The van der Waals surface area contributed by atoms with Crippen LogP contribution in [0.25, 0.3) is 0 Å². The number of hydrogen-bond donors (Lipinski definition) is 3. The van der Waals surface area contributed by atoms with Crippen LogP contribution in [-0.2, 0) is 14.3 Å². The summed E-state index contributed by atoms with van der Waals surface area (Å²) in [6, 6.07) is -0.537. The smallest absolute Gasteiger partial charge is 0.305 e. The van der Waals surface area contributed by atoms with Crippen molar-refractivity contribution >= 4 is 11.9 Å². The summed E-state index contributed by atoms with van der Waals surface area (Å²) < 4.78 is 5.48. The molecule has 3 N–H and O–H groups in total. The van der Waals surface area contributed by atoms with E-state index in [9.17, 15) is 19.8 Å². The van der Waals surface area contributed by atoms with Crippen LogP contribution in [0.4, 0.5) is 0 Å². The number of allylic oxidation sites excluding steroid dienone is 4. The standard InChI is InChI=1S/C66H127NO5/c1-3-5-7-9-11-13-14-15-37-40-44-48-52-56-60-66(71)72-61-57-53-49-45-41-38-35-33-31-29-27-25-23-21-19-17-16-18-20-22-24-26-28-30-32-34-36-39-43-47-51-55-59-65(70)67-63(62-68)64(69)58-54-50-46-42-12-10-8-6-4-2/h14-15,19,21,63-64,68-69H,3-13,16-18,20,22-62H2,1-2H3,(H,67,70)/b15-14-,21-19-. The van der Waals surface area contributed by atoms with Crippen LogP contribution < -0.4 is 5.32 Å². The van der Waals surface area contributed by atoms with E-state index in [0.717, 1.165) is 44.9 Å². The molecule has 0 bridgehead atoms. The van der Waals surface area contributed by atoms with Crippen LogP contribution in [0.1, 0.15) is 361 Å². The number of amides is 1. The number of carbonyl (C=O) groups excluding carboxylic acids is 2. The molecule has 0 fully saturated rings. The van der Waals surface area contributed by atoms with Crippen molar-refractivity contribution in [1.82, 2.24) is 5.32 Å². The molecule has 6 nitrogen and oxygen atoms in total. The molecule has 0 saturated carbocycles. The first-order valence-electron chi connectivity index (χ1n) is 32.6. The predicted molar refractivity (Wildman–Crippen MR) is 315 cm³/mol. The molecular weight excluding hydrogens is 887 g/mol. The fourth-order valence-corrected chi connectivity index (χ4v) is 10.2. The van der Waals surface area contributed by atoms with Crippen molar-refractivity contribution in [3.05, 3.63) is 24.3 Å². The van der Waals surface area contributed by atoms with Gasteiger partial charge in [-0.05, 0) is 77.0 Å². The number of esters is 1. The second-order valence-electron chi connectivity index (χ2n) is 22.4. The Morgan fingerprint density at radius 3 is 0.986 bits per heavy atom. The van der Waals surface area contributed by atoms with Gasteiger partial charge in [-0.25, -0.2) is 0 Å². The normalized spacial score (nSPS) is 12.7. The molecular formula is C66H127NO5. The fourth-order valence-electron chi connectivity index (χ4n) is 10.2. The van der Waals surface area contributed by atoms with Gasteiger partial charge in [-0.15, -0.1) is 0 Å². The number of aliphatic hydroxyl groups excluding tert-OH is 2. The van der Waals surface area contributed by atoms with Crippen LogP contribution >= 0.6 is 0 Å². The van der Waals surface area contributed by atoms with Crippen molar-refractivity contribution in [2.24, 2.45) is 0 Å². The lowest BCUT2D eigenvalue weighted by molar-refractivity contribution is -0.143. The van der Waals surface area contributed by atoms with Gasteiger partial charge in [0.15, 0.2) is 0 Å². The third-order valence-electron chi connectivity index (χ3n) is 15.2. The van der Waals surface area contributed by atoms with Gasteiger partial charge >= 0.3 is 5.97 Å². The van der Waals surface area contributed by atoms with Crippen LogP contribution in [0.5, 0.6) is 0 Å². The van der Waals surface area contributed by atoms with E-state index < -0.39 is 12.1 Å². The Bertz CT molecular complexity index is 1120. The van der Waals surface area contributed by atoms with E-state index in [4.69, 9.17) is 4.74 Å². The molecule has 2 unspecified atom stereocenters. The zero-order valence-electron chi connectivity index (χ0n) is 48.7. The Morgan fingerprint density at radius 2 is 0.653 bits per heavy atom. The lowest BCUT2D eigenvalue weighted by Gasteiger charge is -2.22. The van der Waals surface area contributed by atoms with Crippen molar-refractivity contribution in [3.8, 4) is 0 Å². The first-order chi connectivity index (χ1) is 35.5. The van der Waals surface area contributed by atoms with E-state index in [1.807, 2.05) is 0 Å². The first-order valence-corrected chi connectivity index (χ1v) is 32.6. The zero-order valence-corrected chi connectivity index (χ0v) is 48.7. The molecule has 0 heterocycles. The largest absolute Gasteiger partial charge is 0.466 e. The lowest BCUT2D eigenvalue weighted by atomic mass is 10.0. The van der Waals surface area contributed by atoms with Gasteiger partial charge in [-0.3, -0.25) is 9.59 Å². The molecule has 1 amide bonds. The molecule has 426 valence electrons. The van der Waals surface area contributed by atoms with Crippen LogP contribution in [0, 0.1) is 0 Å². The van der Waals surface area contributed by atoms with Gasteiger partial charge in [0.25, 0.3) is 0 Å². The van der Waals surface area contributed by atoms with Crippen LogP contribution in [0.2, 0.25) is 0 Å². The summed E-state index contributed by atoms with van der Waals surface area (Å²) in [5.41, 5.74) is 0. The van der Waals surface area contributed by atoms with E-state index in [-0.39, 0.29) is 18.5 Å². The second kappa shape index (κ2) is 61.9. The average molecular weight is 1010 g/mol. The number of unbranched alkanes of at least 4 members (excludes halogenated alkanes) is 46. The minimum Gasteiger partial charge on any atom is -0.466 e. The van der Waals surface area contributed by atoms with Crippen molar-refractivity contribution in [1.29, 1.82) is 0 Å². The number of carbonyl (C=O) groups is 2. The van der Waals surface area contributed by atoms with Gasteiger partial charge in [0, 0.05) is 12.8 Å². The number of hydrogen-bond acceptors (Lipinski definition) is 5. The van der Waals surface area contributed by atoms with Crippen molar-refractivity contribution in [3.63, 3.8) is 0 Å². The number of ether oxygens (including phenoxy) is 1. The fraction of sp³-hybridized carbons (Fsp3) is 0.909. The van der Waals surface area contributed by atoms with Crippen molar-refractivity contribution in [2.45, 2.75) is 373 Å². The molecule has 0 rings (SSSR count). The molecule has 0 aromatic carbocycles. The Morgan fingerprint density at radius 1 is 0.375 bits per heavy atom. The Balaban J connectivity index is 3.32. The summed E-state index contributed by atoms with van der Waals surface area (Å²) >= 11 is 0. The van der Waals surface area contributed by atoms with Gasteiger partial charge in [-0.2, -0.15) is 0 Å². The topological polar surface area (TPSA) is 95.9 Å². The molecule has 0 aliphatic rings. The lowest BCUT2D eigenvalue weighted by Crippen LogP contribution is -2.45. The summed E-state index contributed by atoms with van der Waals surface area (Å²) in [4.78, 5) is 24.5. The highest BCUT2D eigenvalue weighted by atomic mass is 16.5. The summed E-state index contributed by atoms with van der Waals surface area (Å²) in [5.74, 6) is -0.0237. The summed E-state index contributed by atoms with van der Waals surface area (Å²) in [6.45, 7) is 4.94. The molecule has 6 heteroatoms. The number of aliphatic hydroxyl groups is 2. The highest BCUT2D eigenvalue weighted by Crippen LogP contribution is 2.18. The van der Waals surface area contributed by atoms with Crippen LogP contribution in [0.3, 0.4) is 0 Å². The monoisotopic (exact) mass is 1010 g/mol. The summed E-state index contributed by atoms with van der Waals surface area (Å²) in [6.07, 6.45) is 76.6. The molecule has 2 atom stereocenters. The maximum atomic E-state index is 12.4. The molecule has 0 aromatic rings. The number of nitrogens with one attached hydrogen (secondary N) is 1. The van der Waals surface area contributed by atoms with Gasteiger partial charge in [0.1, 0.15) is 0 Å². The van der Waals surface area contributed by atoms with E-state index in [2.05, 4.69) is 43.5 Å². The Hall–Kier alpha value is -1.66. The minimum absolute atomic E-state index is 0.00984. The third kappa shape index (κ3) is 57.6. The highest BCUT2D eigenvalue weighted by Gasteiger charge is 2.20. The molecule has 72 heavy (non-hydrogen) atoms. The molecule has 0 saturated heterocycles. The predicted octanol–water partition coefficient (Wildman–Crippen LogP) is 20.6. The van der Waals surface area contributed by atoms with Gasteiger partial charge in [-0.1, -0.05) is 295 Å². The summed E-state index contributed by atoms with van der Waals surface area (Å²) in [5, 5.41) is 23.1. The van der Waals surface area contributed by atoms with Gasteiger partial charge < -0.3 is 20.3 Å². The minimum atomic E-state index is -0.659. The van der Waals surface area contributed by atoms with E-state index in [1.54, 1.807) is 0 Å².